The van der Waals surface area contributed by atoms with Gasteiger partial charge in [0.1, 0.15) is 0 Å². The highest BCUT2D eigenvalue weighted by Gasteiger charge is 2.34. The molecule has 1 unspecified atom stereocenters. The van der Waals surface area contributed by atoms with E-state index in [9.17, 15) is 5.11 Å². The van der Waals surface area contributed by atoms with Crippen molar-refractivity contribution in [2.24, 2.45) is 5.92 Å². The smallest absolute Gasteiger partial charge is 0.0777 e. The first-order chi connectivity index (χ1) is 7.18. The van der Waals surface area contributed by atoms with Crippen LogP contribution in [0.2, 0.25) is 0 Å². The molecular formula is C12H23NO2. The quantitative estimate of drug-likeness (QED) is 0.749. The summed E-state index contributed by atoms with van der Waals surface area (Å²) in [7, 11) is 2.11. The highest BCUT2D eigenvalue weighted by molar-refractivity contribution is 4.88. The second-order valence-electron chi connectivity index (χ2n) is 5.33. The Morgan fingerprint density at radius 2 is 2.13 bits per heavy atom. The van der Waals surface area contributed by atoms with E-state index in [-0.39, 0.29) is 0 Å². The molecule has 0 amide bonds. The zero-order valence-electron chi connectivity index (χ0n) is 9.74. The molecule has 1 N–H and O–H groups in total. The van der Waals surface area contributed by atoms with Crippen LogP contribution in [0.4, 0.5) is 0 Å². The van der Waals surface area contributed by atoms with Crippen LogP contribution in [0.25, 0.3) is 0 Å². The van der Waals surface area contributed by atoms with Gasteiger partial charge < -0.3 is 14.7 Å². The van der Waals surface area contributed by atoms with Crippen LogP contribution in [0.1, 0.15) is 32.1 Å². The normalized spacial score (nSPS) is 35.6. The van der Waals surface area contributed by atoms with Crippen molar-refractivity contribution in [1.82, 2.24) is 4.90 Å². The van der Waals surface area contributed by atoms with Crippen molar-refractivity contribution in [3.05, 3.63) is 0 Å². The van der Waals surface area contributed by atoms with Gasteiger partial charge >= 0.3 is 0 Å². The monoisotopic (exact) mass is 213 g/mol. The summed E-state index contributed by atoms with van der Waals surface area (Å²) in [5, 5.41) is 10.5. The Hall–Kier alpha value is -0.120. The molecule has 0 aromatic rings. The Morgan fingerprint density at radius 3 is 2.80 bits per heavy atom. The molecule has 2 fully saturated rings. The van der Waals surface area contributed by atoms with Crippen LogP contribution in [-0.2, 0) is 4.74 Å². The minimum absolute atomic E-state index is 0.422. The van der Waals surface area contributed by atoms with Crippen molar-refractivity contribution in [1.29, 1.82) is 0 Å². The van der Waals surface area contributed by atoms with Gasteiger partial charge in [-0.05, 0) is 51.6 Å². The minimum Gasteiger partial charge on any atom is -0.389 e. The number of aliphatic hydroxyl groups is 1. The Bertz CT molecular complexity index is 204. The molecule has 2 heterocycles. The van der Waals surface area contributed by atoms with Crippen LogP contribution in [0, 0.1) is 5.92 Å². The van der Waals surface area contributed by atoms with Gasteiger partial charge in [0, 0.05) is 19.8 Å². The predicted octanol–water partition coefficient (Wildman–Crippen LogP) is 1.26. The van der Waals surface area contributed by atoms with Crippen molar-refractivity contribution in [2.45, 2.75) is 37.7 Å². The summed E-state index contributed by atoms with van der Waals surface area (Å²) < 4.78 is 5.35. The number of ether oxygens (including phenoxy) is 1. The average Bonchev–Trinajstić information content (AvgIpc) is 2.18. The first-order valence-corrected chi connectivity index (χ1v) is 6.17. The van der Waals surface area contributed by atoms with Crippen LogP contribution >= 0.6 is 0 Å². The molecule has 0 bridgehead atoms. The second kappa shape index (κ2) is 4.81. The van der Waals surface area contributed by atoms with Crippen LogP contribution in [0.3, 0.4) is 0 Å². The van der Waals surface area contributed by atoms with E-state index in [4.69, 9.17) is 4.74 Å². The summed E-state index contributed by atoms with van der Waals surface area (Å²) in [5.41, 5.74) is -0.422. The van der Waals surface area contributed by atoms with Gasteiger partial charge in [-0.2, -0.15) is 0 Å². The molecular weight excluding hydrogens is 190 g/mol. The lowest BCUT2D eigenvalue weighted by molar-refractivity contribution is -0.0538. The second-order valence-corrected chi connectivity index (χ2v) is 5.33. The summed E-state index contributed by atoms with van der Waals surface area (Å²) in [5.74, 6) is 0.676. The van der Waals surface area contributed by atoms with E-state index in [0.29, 0.717) is 5.92 Å². The Morgan fingerprint density at radius 1 is 1.40 bits per heavy atom. The maximum Gasteiger partial charge on any atom is 0.0777 e. The molecule has 0 aromatic carbocycles. The maximum atomic E-state index is 10.5. The molecule has 2 aliphatic rings. The molecule has 0 radical (unpaired) electrons. The van der Waals surface area contributed by atoms with E-state index in [1.165, 1.54) is 0 Å². The van der Waals surface area contributed by atoms with E-state index in [1.807, 2.05) is 0 Å². The molecule has 3 nitrogen and oxygen atoms in total. The third-order valence-electron chi connectivity index (χ3n) is 3.76. The molecule has 1 atom stereocenters. The lowest BCUT2D eigenvalue weighted by atomic mass is 9.81. The van der Waals surface area contributed by atoms with Crippen LogP contribution in [-0.4, -0.2) is 49.0 Å². The van der Waals surface area contributed by atoms with Gasteiger partial charge in [0.05, 0.1) is 5.60 Å². The fourth-order valence-electron chi connectivity index (χ4n) is 2.99. The van der Waals surface area contributed by atoms with Gasteiger partial charge in [-0.1, -0.05) is 0 Å². The van der Waals surface area contributed by atoms with Gasteiger partial charge in [0.15, 0.2) is 0 Å². The highest BCUT2D eigenvalue weighted by atomic mass is 16.5. The molecule has 0 aromatic heterocycles. The lowest BCUT2D eigenvalue weighted by Gasteiger charge is -2.40. The van der Waals surface area contributed by atoms with Gasteiger partial charge in [-0.25, -0.2) is 0 Å². The summed E-state index contributed by atoms with van der Waals surface area (Å²) in [6.07, 6.45) is 5.35. The molecule has 2 saturated heterocycles. The van der Waals surface area contributed by atoms with E-state index in [0.717, 1.165) is 58.4 Å². The lowest BCUT2D eigenvalue weighted by Crippen LogP contribution is -2.47. The molecule has 88 valence electrons. The van der Waals surface area contributed by atoms with Crippen molar-refractivity contribution >= 4 is 0 Å². The largest absolute Gasteiger partial charge is 0.389 e. The standard InChI is InChI=1S/C12H23NO2/c1-13-6-2-5-12(14,10-13)9-11-3-7-15-8-4-11/h11,14H,2-10H2,1H3. The number of nitrogens with zero attached hydrogens (tertiary/aromatic N) is 1. The van der Waals surface area contributed by atoms with Gasteiger partial charge in [-0.15, -0.1) is 0 Å². The minimum atomic E-state index is -0.422. The number of likely N-dealkylation sites (tertiary alicyclic amines) is 1. The Balaban J connectivity index is 1.85. The zero-order chi connectivity index (χ0) is 10.7. The summed E-state index contributed by atoms with van der Waals surface area (Å²) in [6.45, 7) is 3.76. The molecule has 2 aliphatic heterocycles. The summed E-state index contributed by atoms with van der Waals surface area (Å²) in [4.78, 5) is 2.25. The topological polar surface area (TPSA) is 32.7 Å². The van der Waals surface area contributed by atoms with Crippen molar-refractivity contribution < 1.29 is 9.84 Å². The molecule has 2 rings (SSSR count). The van der Waals surface area contributed by atoms with Crippen LogP contribution in [0.5, 0.6) is 0 Å². The van der Waals surface area contributed by atoms with Gasteiger partial charge in [-0.3, -0.25) is 0 Å². The summed E-state index contributed by atoms with van der Waals surface area (Å²) in [6, 6.07) is 0. The predicted molar refractivity (Wildman–Crippen MR) is 59.8 cm³/mol. The number of hydrogen-bond donors (Lipinski definition) is 1. The third-order valence-corrected chi connectivity index (χ3v) is 3.76. The Kier molecular flexibility index (Phi) is 3.65. The Labute approximate surface area is 92.4 Å². The molecule has 3 heteroatoms. The fraction of sp³-hybridized carbons (Fsp3) is 1.00. The van der Waals surface area contributed by atoms with Crippen LogP contribution < -0.4 is 0 Å². The number of piperidine rings is 1. The first kappa shape index (κ1) is 11.4. The molecule has 0 spiro atoms. The van der Waals surface area contributed by atoms with Crippen molar-refractivity contribution in [2.75, 3.05) is 33.4 Å². The third kappa shape index (κ3) is 3.16. The van der Waals surface area contributed by atoms with Gasteiger partial charge in [0.25, 0.3) is 0 Å². The van der Waals surface area contributed by atoms with E-state index in [2.05, 4.69) is 11.9 Å². The van der Waals surface area contributed by atoms with Crippen LogP contribution in [0.15, 0.2) is 0 Å². The van der Waals surface area contributed by atoms with Gasteiger partial charge in [0.2, 0.25) is 0 Å². The number of hydrogen-bond acceptors (Lipinski definition) is 3. The molecule has 15 heavy (non-hydrogen) atoms. The SMILES string of the molecule is CN1CCCC(O)(CC2CCOCC2)C1. The van der Waals surface area contributed by atoms with E-state index < -0.39 is 5.60 Å². The molecule has 0 aliphatic carbocycles. The van der Waals surface area contributed by atoms with E-state index in [1.54, 1.807) is 0 Å². The van der Waals surface area contributed by atoms with Crippen molar-refractivity contribution in [3.8, 4) is 0 Å². The first-order valence-electron chi connectivity index (χ1n) is 6.17. The highest BCUT2D eigenvalue weighted by Crippen LogP contribution is 2.31. The fourth-order valence-corrected chi connectivity index (χ4v) is 2.99. The maximum absolute atomic E-state index is 10.5. The number of likely N-dealkylation sites (N-methyl/N-ethyl adjacent to an activating group) is 1. The summed E-state index contributed by atoms with van der Waals surface area (Å²) >= 11 is 0. The average molecular weight is 213 g/mol. The van der Waals surface area contributed by atoms with E-state index >= 15 is 0 Å². The molecule has 0 saturated carbocycles. The zero-order valence-corrected chi connectivity index (χ0v) is 9.74. The number of β-amino-alcohol motifs (C(OH)–C–C–N with tert-alkyl or cyclic N) is 1. The van der Waals surface area contributed by atoms with Crippen molar-refractivity contribution in [3.63, 3.8) is 0 Å². The number of rotatable bonds is 2.